The molecule has 0 aliphatic carbocycles. The third-order valence-electron chi connectivity index (χ3n) is 17.4. The Kier molecular flexibility index (Phi) is 34.3. The number of urea groups is 2. The van der Waals surface area contributed by atoms with E-state index in [1.165, 1.54) is 123 Å². The standard InChI is InChI=1S/C50H65N5O2.C18H38N2O.C7H11N3O/c1-7-11-15-38(9-3)36-55(37-39(10-4)16-12-8-2)50(57)52-47-27-23-41(24-28-47)32-43-18-14-20-45(34-43)35-44-19-13-17-42(33-44)31-40-21-25-46(26-22-40)51-48(56)49-53(5)29-30-54(49)6;1-6-10-12-16(8-3)14-20(18(21)19-5)15-17(9-4)13-11-7-2;1-8-6(11)7-9(2)4-5-10(7)3/h13-14,17-30,33-34,38-39H,7-12,15-16,31-32,35-37H2,1-6H3,(H-,51,52,56,57);16-17H,6-15H2,1-5H3,(H,19,21);4-5H,1-3H3/p+1. The number of aliphatic imine (C=N–C) groups is 1. The first-order valence-corrected chi connectivity index (χ1v) is 33.8. The van der Waals surface area contributed by atoms with E-state index in [1.807, 2.05) is 65.1 Å². The molecular weight excluding hydrogens is 1100 g/mol. The number of aryl methyl sites for hydroxylation is 4. The number of amides is 5. The molecule has 0 saturated carbocycles. The number of unbranched alkanes of at least 4 members (excludes halogenated alkanes) is 4. The summed E-state index contributed by atoms with van der Waals surface area (Å²) in [5, 5.41) is 21.4. The van der Waals surface area contributed by atoms with Crippen LogP contribution in [-0.2, 0) is 47.5 Å². The van der Waals surface area contributed by atoms with E-state index in [-0.39, 0.29) is 23.9 Å². The van der Waals surface area contributed by atoms with Crippen molar-refractivity contribution in [3.63, 3.8) is 0 Å². The second-order valence-electron chi connectivity index (χ2n) is 24.7. The topological polar surface area (TPSA) is 147 Å². The Bertz CT molecular complexity index is 2920. The van der Waals surface area contributed by atoms with E-state index < -0.39 is 0 Å². The summed E-state index contributed by atoms with van der Waals surface area (Å²) >= 11 is 0. The lowest BCUT2D eigenvalue weighted by atomic mass is 9.96. The Balaban J connectivity index is 0.000000431. The summed E-state index contributed by atoms with van der Waals surface area (Å²) in [5.74, 6) is 3.22. The van der Waals surface area contributed by atoms with Crippen LogP contribution in [0.3, 0.4) is 0 Å². The molecule has 2 aromatic heterocycles. The molecule has 2 heterocycles. The molecule has 89 heavy (non-hydrogen) atoms. The molecule has 0 radical (unpaired) electrons. The van der Waals surface area contributed by atoms with Gasteiger partial charge in [-0.05, 0) is 126 Å². The molecule has 5 amide bonds. The first-order chi connectivity index (χ1) is 43.0. The van der Waals surface area contributed by atoms with Crippen molar-refractivity contribution in [1.29, 1.82) is 0 Å². The summed E-state index contributed by atoms with van der Waals surface area (Å²) in [7, 11) is 10.7. The van der Waals surface area contributed by atoms with Gasteiger partial charge in [0.2, 0.25) is 0 Å². The molecule has 0 saturated heterocycles. The van der Waals surface area contributed by atoms with Crippen molar-refractivity contribution < 1.29 is 28.6 Å². The normalized spacial score (nSPS) is 12.6. The maximum absolute atomic E-state index is 13.7. The van der Waals surface area contributed by atoms with Gasteiger partial charge < -0.3 is 30.9 Å². The molecule has 0 bridgehead atoms. The molecular formula is C75H115N10O4+. The Labute approximate surface area is 537 Å². The highest BCUT2D eigenvalue weighted by molar-refractivity contribution is 5.90. The van der Waals surface area contributed by atoms with Gasteiger partial charge in [-0.1, -0.05) is 205 Å². The van der Waals surface area contributed by atoms with Crippen molar-refractivity contribution in [3.8, 4) is 0 Å². The van der Waals surface area contributed by atoms with Gasteiger partial charge in [-0.2, -0.15) is 0 Å². The maximum Gasteiger partial charge on any atom is 0.347 e. The van der Waals surface area contributed by atoms with E-state index in [0.717, 1.165) is 64.0 Å². The van der Waals surface area contributed by atoms with Gasteiger partial charge in [0.05, 0.1) is 39.8 Å². The Morgan fingerprint density at radius 1 is 0.494 bits per heavy atom. The van der Waals surface area contributed by atoms with Gasteiger partial charge in [0, 0.05) is 46.0 Å². The van der Waals surface area contributed by atoms with Crippen LogP contribution in [0.15, 0.2) is 127 Å². The van der Waals surface area contributed by atoms with Crippen LogP contribution in [0.25, 0.3) is 0 Å². The Morgan fingerprint density at radius 2 is 0.854 bits per heavy atom. The first kappa shape index (κ1) is 74.2. The van der Waals surface area contributed by atoms with Gasteiger partial charge in [-0.15, -0.1) is 0 Å². The fraction of sp³-hybridized carbons (Fsp3) is 0.547. The molecule has 6 aromatic rings. The number of imidazole rings is 2. The molecule has 14 heteroatoms. The smallest absolute Gasteiger partial charge is 0.347 e. The number of nitrogens with zero attached hydrogens (tertiary/aromatic N) is 7. The molecule has 4 atom stereocenters. The molecule has 0 fully saturated rings. The number of nitrogens with one attached hydrogen (secondary N) is 3. The first-order valence-electron chi connectivity index (χ1n) is 33.8. The van der Waals surface area contributed by atoms with Crippen LogP contribution < -0.4 is 30.2 Å². The number of benzene rings is 4. The second kappa shape index (κ2) is 41.1. The summed E-state index contributed by atoms with van der Waals surface area (Å²) in [4.78, 5) is 45.6. The van der Waals surface area contributed by atoms with Crippen LogP contribution in [0.4, 0.5) is 21.0 Å². The van der Waals surface area contributed by atoms with Crippen LogP contribution in [-0.4, -0.2) is 83.1 Å². The van der Waals surface area contributed by atoms with Gasteiger partial charge in [0.15, 0.2) is 0 Å². The van der Waals surface area contributed by atoms with E-state index in [2.05, 4.69) is 171 Å². The molecule has 4 unspecified atom stereocenters. The number of aromatic nitrogens is 4. The van der Waals surface area contributed by atoms with Crippen molar-refractivity contribution in [3.05, 3.63) is 167 Å². The summed E-state index contributed by atoms with van der Waals surface area (Å²) in [5.41, 5.74) is 8.97. The zero-order valence-electron chi connectivity index (χ0n) is 57.4. The van der Waals surface area contributed by atoms with Crippen LogP contribution in [0, 0.1) is 23.7 Å². The zero-order chi connectivity index (χ0) is 65.1. The van der Waals surface area contributed by atoms with E-state index in [4.69, 9.17) is 0 Å². The molecule has 3 N–H and O–H groups in total. The van der Waals surface area contributed by atoms with Crippen molar-refractivity contribution in [1.82, 2.24) is 29.6 Å². The zero-order valence-corrected chi connectivity index (χ0v) is 57.4. The fourth-order valence-corrected chi connectivity index (χ4v) is 11.6. The van der Waals surface area contributed by atoms with Gasteiger partial charge >= 0.3 is 23.8 Å². The fourth-order valence-electron chi connectivity index (χ4n) is 11.6. The molecule has 4 aromatic carbocycles. The number of rotatable bonds is 34. The Hall–Kier alpha value is -7.22. The minimum absolute atomic E-state index is 0.0276. The molecule has 0 spiro atoms. The number of carbonyl (C=O) groups excluding carboxylic acids is 3. The monoisotopic (exact) mass is 1220 g/mol. The minimum Gasteiger partial charge on any atom is -0.853 e. The number of carbonyl (C=O) groups is 3. The van der Waals surface area contributed by atoms with E-state index in [0.29, 0.717) is 41.0 Å². The van der Waals surface area contributed by atoms with Gasteiger partial charge in [-0.3, -0.25) is 9.79 Å². The minimum atomic E-state index is -0.258. The second-order valence-corrected chi connectivity index (χ2v) is 24.7. The Morgan fingerprint density at radius 3 is 1.19 bits per heavy atom. The summed E-state index contributed by atoms with van der Waals surface area (Å²) in [6, 6.07) is 34.1. The highest BCUT2D eigenvalue weighted by Gasteiger charge is 2.24. The van der Waals surface area contributed by atoms with Gasteiger partial charge in [0.25, 0.3) is 5.82 Å². The lowest BCUT2D eigenvalue weighted by Gasteiger charge is -2.31. The highest BCUT2D eigenvalue weighted by Crippen LogP contribution is 2.24. The molecule has 0 aliphatic rings. The van der Waals surface area contributed by atoms with Gasteiger partial charge in [-0.25, -0.2) is 27.9 Å². The lowest BCUT2D eigenvalue weighted by molar-refractivity contribution is -0.674. The van der Waals surface area contributed by atoms with Crippen molar-refractivity contribution in [2.75, 3.05) is 45.6 Å². The number of anilines is 1. The molecule has 488 valence electrons. The summed E-state index contributed by atoms with van der Waals surface area (Å²) in [6.07, 6.45) is 29.1. The SMILES string of the molecule is CCCCC(CC)CN(CC(CC)CCCC)C(=O)NC.CCCCC(CC)CN(CC(CC)CCCC)C(=O)Nc1ccc(Cc2cccc(Cc3cccc(Cc4ccc(N=C([O-])c5n(C)cc[n+]5C)cc4)c3)c2)cc1.CNC(=O)c1n(C)cc[n+]1C. The van der Waals surface area contributed by atoms with E-state index in [1.54, 1.807) is 32.4 Å². The summed E-state index contributed by atoms with van der Waals surface area (Å²) in [6.45, 7) is 21.5. The predicted molar refractivity (Wildman–Crippen MR) is 367 cm³/mol. The van der Waals surface area contributed by atoms with Crippen LogP contribution in [0.2, 0.25) is 0 Å². The van der Waals surface area contributed by atoms with Crippen LogP contribution >= 0.6 is 0 Å². The number of hydrogen-bond acceptors (Lipinski definition) is 5. The third-order valence-corrected chi connectivity index (χ3v) is 17.4. The largest absolute Gasteiger partial charge is 0.853 e. The molecule has 14 nitrogen and oxygen atoms in total. The number of hydrogen-bond donors (Lipinski definition) is 3. The third kappa shape index (κ3) is 26.0. The quantitative estimate of drug-likeness (QED) is 0.0210. The van der Waals surface area contributed by atoms with Gasteiger partial charge in [0.1, 0.15) is 24.8 Å². The highest BCUT2D eigenvalue weighted by atomic mass is 16.3. The average Bonchev–Trinajstić information content (AvgIpc) is 3.32. The predicted octanol–water partition coefficient (Wildman–Crippen LogP) is 14.6. The maximum atomic E-state index is 13.7. The average molecular weight is 1220 g/mol. The van der Waals surface area contributed by atoms with Crippen molar-refractivity contribution in [2.24, 2.45) is 56.9 Å². The van der Waals surface area contributed by atoms with E-state index >= 15 is 0 Å². The molecule has 0 aliphatic heterocycles. The van der Waals surface area contributed by atoms with E-state index in [9.17, 15) is 19.5 Å². The van der Waals surface area contributed by atoms with Crippen molar-refractivity contribution >= 4 is 35.2 Å². The molecule has 6 rings (SSSR count). The lowest BCUT2D eigenvalue weighted by Crippen LogP contribution is -2.43. The van der Waals surface area contributed by atoms with Crippen LogP contribution in [0.5, 0.6) is 0 Å². The summed E-state index contributed by atoms with van der Waals surface area (Å²) < 4.78 is 7.12. The van der Waals surface area contributed by atoms with Crippen molar-refractivity contribution in [2.45, 2.75) is 177 Å². The van der Waals surface area contributed by atoms with Crippen LogP contribution in [0.1, 0.15) is 208 Å².